The van der Waals surface area contributed by atoms with Crippen molar-refractivity contribution in [2.24, 2.45) is 5.92 Å². The molecule has 100 valence electrons. The third kappa shape index (κ3) is 5.04. The highest BCUT2D eigenvalue weighted by Crippen LogP contribution is 2.26. The molecule has 17 heavy (non-hydrogen) atoms. The Bertz CT molecular complexity index is 240. The third-order valence-electron chi connectivity index (χ3n) is 3.43. The molecule has 3 N–H and O–H groups in total. The van der Waals surface area contributed by atoms with E-state index in [1.54, 1.807) is 0 Å². The minimum absolute atomic E-state index is 0.0748. The number of rotatable bonds is 7. The average molecular weight is 242 g/mol. The van der Waals surface area contributed by atoms with Crippen molar-refractivity contribution in [3.63, 3.8) is 0 Å². The number of amides is 1. The standard InChI is InChI=1S/C13H26N2O2/c1-4-5-9(2)15-13(17)10(3)14-8-11-6-12(16)7-11/h9-12,14,16H,4-8H2,1-3H3,(H,15,17). The highest BCUT2D eigenvalue weighted by atomic mass is 16.3. The number of aliphatic hydroxyl groups excluding tert-OH is 1. The van der Waals surface area contributed by atoms with Crippen LogP contribution in [0.15, 0.2) is 0 Å². The van der Waals surface area contributed by atoms with Gasteiger partial charge in [0.2, 0.25) is 5.91 Å². The van der Waals surface area contributed by atoms with Gasteiger partial charge in [-0.05, 0) is 45.6 Å². The second-order valence-electron chi connectivity index (χ2n) is 5.32. The van der Waals surface area contributed by atoms with Crippen molar-refractivity contribution in [1.29, 1.82) is 0 Å². The van der Waals surface area contributed by atoms with Gasteiger partial charge in [-0.25, -0.2) is 0 Å². The van der Waals surface area contributed by atoms with Crippen molar-refractivity contribution in [2.45, 2.75) is 64.6 Å². The van der Waals surface area contributed by atoms with Crippen LogP contribution < -0.4 is 10.6 Å². The van der Waals surface area contributed by atoms with E-state index in [0.717, 1.165) is 32.2 Å². The van der Waals surface area contributed by atoms with Crippen LogP contribution in [0.3, 0.4) is 0 Å². The zero-order valence-corrected chi connectivity index (χ0v) is 11.2. The van der Waals surface area contributed by atoms with Crippen LogP contribution in [0.4, 0.5) is 0 Å². The zero-order valence-electron chi connectivity index (χ0n) is 11.2. The molecule has 2 unspecified atom stereocenters. The summed E-state index contributed by atoms with van der Waals surface area (Å²) < 4.78 is 0. The fourth-order valence-corrected chi connectivity index (χ4v) is 2.18. The maximum Gasteiger partial charge on any atom is 0.237 e. The molecule has 0 heterocycles. The van der Waals surface area contributed by atoms with Gasteiger partial charge in [-0.1, -0.05) is 13.3 Å². The monoisotopic (exact) mass is 242 g/mol. The summed E-state index contributed by atoms with van der Waals surface area (Å²) in [5, 5.41) is 15.4. The zero-order chi connectivity index (χ0) is 12.8. The Labute approximate surface area is 104 Å². The molecule has 0 aliphatic heterocycles. The summed E-state index contributed by atoms with van der Waals surface area (Å²) in [6.45, 7) is 6.87. The lowest BCUT2D eigenvalue weighted by atomic mass is 9.82. The Hall–Kier alpha value is -0.610. The topological polar surface area (TPSA) is 61.4 Å². The van der Waals surface area contributed by atoms with Gasteiger partial charge in [0.25, 0.3) is 0 Å². The van der Waals surface area contributed by atoms with Gasteiger partial charge in [0, 0.05) is 6.04 Å². The predicted molar refractivity (Wildman–Crippen MR) is 68.7 cm³/mol. The Balaban J connectivity index is 2.13. The first-order valence-electron chi connectivity index (χ1n) is 6.74. The molecule has 1 rings (SSSR count). The number of carbonyl (C=O) groups excluding carboxylic acids is 1. The molecule has 4 heteroatoms. The third-order valence-corrected chi connectivity index (χ3v) is 3.43. The van der Waals surface area contributed by atoms with Crippen LogP contribution in [0.5, 0.6) is 0 Å². The van der Waals surface area contributed by atoms with Gasteiger partial charge in [-0.15, -0.1) is 0 Å². The molecule has 0 radical (unpaired) electrons. The quantitative estimate of drug-likeness (QED) is 0.625. The maximum atomic E-state index is 11.8. The van der Waals surface area contributed by atoms with Gasteiger partial charge in [-0.3, -0.25) is 4.79 Å². The van der Waals surface area contributed by atoms with Crippen LogP contribution in [0.1, 0.15) is 46.5 Å². The van der Waals surface area contributed by atoms with E-state index in [4.69, 9.17) is 5.11 Å². The second-order valence-corrected chi connectivity index (χ2v) is 5.32. The Morgan fingerprint density at radius 3 is 2.59 bits per heavy atom. The van der Waals surface area contributed by atoms with E-state index in [-0.39, 0.29) is 24.1 Å². The summed E-state index contributed by atoms with van der Waals surface area (Å²) in [6, 6.07) is 0.106. The van der Waals surface area contributed by atoms with E-state index < -0.39 is 0 Å². The normalized spacial score (nSPS) is 27.1. The highest BCUT2D eigenvalue weighted by molar-refractivity contribution is 5.81. The molecule has 2 atom stereocenters. The van der Waals surface area contributed by atoms with Crippen LogP contribution in [-0.2, 0) is 4.79 Å². The summed E-state index contributed by atoms with van der Waals surface area (Å²) in [4.78, 5) is 11.8. The molecule has 0 bridgehead atoms. The largest absolute Gasteiger partial charge is 0.393 e. The molecule has 1 amide bonds. The van der Waals surface area contributed by atoms with E-state index in [2.05, 4.69) is 17.6 Å². The van der Waals surface area contributed by atoms with Crippen molar-refractivity contribution in [1.82, 2.24) is 10.6 Å². The maximum absolute atomic E-state index is 11.8. The molecule has 1 fully saturated rings. The van der Waals surface area contributed by atoms with Gasteiger partial charge >= 0.3 is 0 Å². The number of hydrogen-bond donors (Lipinski definition) is 3. The second kappa shape index (κ2) is 6.97. The van der Waals surface area contributed by atoms with Gasteiger partial charge in [-0.2, -0.15) is 0 Å². The lowest BCUT2D eigenvalue weighted by Crippen LogP contribution is -2.48. The van der Waals surface area contributed by atoms with E-state index in [9.17, 15) is 4.79 Å². The summed E-state index contributed by atoms with van der Waals surface area (Å²) in [5.41, 5.74) is 0. The van der Waals surface area contributed by atoms with Crippen molar-refractivity contribution < 1.29 is 9.90 Å². The van der Waals surface area contributed by atoms with E-state index >= 15 is 0 Å². The lowest BCUT2D eigenvalue weighted by molar-refractivity contribution is -0.123. The molecule has 4 nitrogen and oxygen atoms in total. The molecule has 0 aromatic rings. The number of carbonyl (C=O) groups is 1. The van der Waals surface area contributed by atoms with Crippen molar-refractivity contribution in [3.8, 4) is 0 Å². The highest BCUT2D eigenvalue weighted by Gasteiger charge is 2.27. The van der Waals surface area contributed by atoms with Gasteiger partial charge in [0.1, 0.15) is 0 Å². The van der Waals surface area contributed by atoms with Crippen LogP contribution in [-0.4, -0.2) is 35.7 Å². The van der Waals surface area contributed by atoms with Crippen molar-refractivity contribution in [3.05, 3.63) is 0 Å². The first kappa shape index (κ1) is 14.5. The molecule has 0 aromatic heterocycles. The fourth-order valence-electron chi connectivity index (χ4n) is 2.18. The average Bonchev–Trinajstić information content (AvgIpc) is 2.22. The van der Waals surface area contributed by atoms with E-state index in [0.29, 0.717) is 5.92 Å². The van der Waals surface area contributed by atoms with Crippen LogP contribution in [0.25, 0.3) is 0 Å². The molecule has 1 saturated carbocycles. The summed E-state index contributed by atoms with van der Waals surface area (Å²) in [6.07, 6.45) is 3.73. The van der Waals surface area contributed by atoms with E-state index in [1.165, 1.54) is 0 Å². The minimum atomic E-state index is -0.146. The Morgan fingerprint density at radius 1 is 1.41 bits per heavy atom. The smallest absolute Gasteiger partial charge is 0.237 e. The molecule has 0 spiro atoms. The molecule has 1 aliphatic rings. The van der Waals surface area contributed by atoms with Gasteiger partial charge in [0.15, 0.2) is 0 Å². The van der Waals surface area contributed by atoms with Crippen LogP contribution >= 0.6 is 0 Å². The number of aliphatic hydroxyl groups is 1. The molecule has 0 aromatic carbocycles. The molecule has 1 aliphatic carbocycles. The lowest BCUT2D eigenvalue weighted by Gasteiger charge is -2.32. The first-order valence-corrected chi connectivity index (χ1v) is 6.74. The van der Waals surface area contributed by atoms with Crippen molar-refractivity contribution >= 4 is 5.91 Å². The molecule has 0 saturated heterocycles. The van der Waals surface area contributed by atoms with Crippen molar-refractivity contribution in [2.75, 3.05) is 6.54 Å². The molecular weight excluding hydrogens is 216 g/mol. The fraction of sp³-hybridized carbons (Fsp3) is 0.923. The predicted octanol–water partition coefficient (Wildman–Crippen LogP) is 1.04. The Morgan fingerprint density at radius 2 is 2.06 bits per heavy atom. The van der Waals surface area contributed by atoms with Gasteiger partial charge < -0.3 is 15.7 Å². The van der Waals surface area contributed by atoms with Crippen LogP contribution in [0.2, 0.25) is 0 Å². The summed E-state index contributed by atoms with van der Waals surface area (Å²) in [5.74, 6) is 0.610. The first-order chi connectivity index (χ1) is 8.02. The summed E-state index contributed by atoms with van der Waals surface area (Å²) in [7, 11) is 0. The SMILES string of the molecule is CCCC(C)NC(=O)C(C)NCC1CC(O)C1. The molecular formula is C13H26N2O2. The van der Waals surface area contributed by atoms with Gasteiger partial charge in [0.05, 0.1) is 12.1 Å². The van der Waals surface area contributed by atoms with E-state index in [1.807, 2.05) is 13.8 Å². The van der Waals surface area contributed by atoms with Crippen LogP contribution in [0, 0.1) is 5.92 Å². The minimum Gasteiger partial charge on any atom is -0.393 e. The number of hydrogen-bond acceptors (Lipinski definition) is 3. The number of nitrogens with one attached hydrogen (secondary N) is 2. The Kier molecular flexibility index (Phi) is 5.92. The summed E-state index contributed by atoms with van der Waals surface area (Å²) >= 11 is 0.